The Labute approximate surface area is 153 Å². The minimum atomic E-state index is -4.83. The van der Waals surface area contributed by atoms with Gasteiger partial charge in [0.25, 0.3) is 0 Å². The quantitative estimate of drug-likeness (QED) is 0.740. The van der Waals surface area contributed by atoms with Gasteiger partial charge in [-0.2, -0.15) is 13.2 Å². The molecule has 1 atom stereocenters. The molecule has 0 bridgehead atoms. The average molecular weight is 382 g/mol. The maximum atomic E-state index is 13.4. The second-order valence-corrected chi connectivity index (χ2v) is 6.25. The Balaban J connectivity index is 1.77. The lowest BCUT2D eigenvalue weighted by atomic mass is 10.0. The van der Waals surface area contributed by atoms with Gasteiger partial charge in [-0.25, -0.2) is 9.18 Å². The van der Waals surface area contributed by atoms with Crippen LogP contribution in [0.5, 0.6) is 5.75 Å². The van der Waals surface area contributed by atoms with E-state index in [4.69, 9.17) is 4.74 Å². The Morgan fingerprint density at radius 2 is 1.89 bits per heavy atom. The van der Waals surface area contributed by atoms with E-state index in [0.29, 0.717) is 24.4 Å². The summed E-state index contributed by atoms with van der Waals surface area (Å²) in [5.41, 5.74) is -0.596. The molecule has 1 saturated heterocycles. The molecule has 1 fully saturated rings. The lowest BCUT2D eigenvalue weighted by molar-refractivity contribution is -0.139. The van der Waals surface area contributed by atoms with E-state index in [1.807, 2.05) is 12.1 Å². The smallest absolute Gasteiger partial charge is 0.419 e. The summed E-state index contributed by atoms with van der Waals surface area (Å²) in [6.45, 7) is 0.482. The van der Waals surface area contributed by atoms with Gasteiger partial charge in [-0.05, 0) is 48.7 Å². The van der Waals surface area contributed by atoms with Crippen molar-refractivity contribution in [3.63, 3.8) is 0 Å². The molecule has 144 valence electrons. The minimum absolute atomic E-state index is 0.103. The average Bonchev–Trinajstić information content (AvgIpc) is 3.12. The van der Waals surface area contributed by atoms with Gasteiger partial charge in [-0.3, -0.25) is 0 Å². The van der Waals surface area contributed by atoms with Crippen molar-refractivity contribution < 1.29 is 27.1 Å². The van der Waals surface area contributed by atoms with Crippen molar-refractivity contribution in [3.8, 4) is 5.75 Å². The van der Waals surface area contributed by atoms with Crippen molar-refractivity contribution in [1.29, 1.82) is 0 Å². The van der Waals surface area contributed by atoms with Crippen molar-refractivity contribution in [2.75, 3.05) is 19.0 Å². The molecule has 27 heavy (non-hydrogen) atoms. The van der Waals surface area contributed by atoms with Gasteiger partial charge in [0.2, 0.25) is 0 Å². The maximum absolute atomic E-state index is 13.4. The summed E-state index contributed by atoms with van der Waals surface area (Å²) >= 11 is 0. The number of methoxy groups -OCH3 is 1. The van der Waals surface area contributed by atoms with Gasteiger partial charge in [0, 0.05) is 12.2 Å². The molecule has 1 unspecified atom stereocenters. The number of anilines is 1. The van der Waals surface area contributed by atoms with Gasteiger partial charge in [-0.1, -0.05) is 12.1 Å². The fourth-order valence-electron chi connectivity index (χ4n) is 3.20. The van der Waals surface area contributed by atoms with Gasteiger partial charge in [-0.15, -0.1) is 0 Å². The summed E-state index contributed by atoms with van der Waals surface area (Å²) in [5, 5.41) is 2.44. The fraction of sp³-hybridized carbons (Fsp3) is 0.316. The van der Waals surface area contributed by atoms with Crippen LogP contribution >= 0.6 is 0 Å². The zero-order valence-corrected chi connectivity index (χ0v) is 14.5. The first-order chi connectivity index (χ1) is 12.8. The first kappa shape index (κ1) is 19.0. The van der Waals surface area contributed by atoms with Crippen molar-refractivity contribution in [2.45, 2.75) is 25.1 Å². The van der Waals surface area contributed by atoms with Crippen LogP contribution in [0.15, 0.2) is 42.5 Å². The minimum Gasteiger partial charge on any atom is -0.497 e. The number of urea groups is 1. The van der Waals surface area contributed by atoms with Crippen molar-refractivity contribution in [3.05, 3.63) is 59.4 Å². The number of hydrogen-bond acceptors (Lipinski definition) is 2. The summed E-state index contributed by atoms with van der Waals surface area (Å²) in [6, 6.07) is 9.00. The number of rotatable bonds is 3. The monoisotopic (exact) mass is 382 g/mol. The van der Waals surface area contributed by atoms with Crippen LogP contribution in [0.2, 0.25) is 0 Å². The molecule has 0 aromatic heterocycles. The zero-order chi connectivity index (χ0) is 19.6. The standard InChI is InChI=1S/C19H18F4N2O2/c1-27-14-7-4-12(5-8-14)17-3-2-10-25(17)18(26)24-13-6-9-16(20)15(11-13)19(21,22)23/h4-9,11,17H,2-3,10H2,1H3,(H,24,26). The van der Waals surface area contributed by atoms with Crippen LogP contribution in [0.4, 0.5) is 28.0 Å². The Kier molecular flexibility index (Phi) is 5.25. The molecule has 1 aliphatic rings. The zero-order valence-electron chi connectivity index (χ0n) is 14.5. The van der Waals surface area contributed by atoms with Crippen LogP contribution in [0, 0.1) is 5.82 Å². The van der Waals surface area contributed by atoms with Gasteiger partial charge in [0.1, 0.15) is 11.6 Å². The van der Waals surface area contributed by atoms with Crippen molar-refractivity contribution >= 4 is 11.7 Å². The van der Waals surface area contributed by atoms with E-state index in [-0.39, 0.29) is 11.7 Å². The van der Waals surface area contributed by atoms with Gasteiger partial charge >= 0.3 is 12.2 Å². The molecule has 0 saturated carbocycles. The largest absolute Gasteiger partial charge is 0.497 e. The number of nitrogens with zero attached hydrogens (tertiary/aromatic N) is 1. The number of carbonyl (C=O) groups is 1. The molecule has 2 aromatic carbocycles. The van der Waals surface area contributed by atoms with E-state index >= 15 is 0 Å². The topological polar surface area (TPSA) is 41.6 Å². The lowest BCUT2D eigenvalue weighted by Crippen LogP contribution is -2.34. The first-order valence-electron chi connectivity index (χ1n) is 8.38. The van der Waals surface area contributed by atoms with Crippen LogP contribution in [0.3, 0.4) is 0 Å². The maximum Gasteiger partial charge on any atom is 0.419 e. The predicted molar refractivity (Wildman–Crippen MR) is 92.1 cm³/mol. The molecule has 4 nitrogen and oxygen atoms in total. The number of amides is 2. The number of likely N-dealkylation sites (tertiary alicyclic amines) is 1. The summed E-state index contributed by atoms with van der Waals surface area (Å²) in [7, 11) is 1.56. The highest BCUT2D eigenvalue weighted by Gasteiger charge is 2.35. The highest BCUT2D eigenvalue weighted by molar-refractivity contribution is 5.90. The number of nitrogens with one attached hydrogen (secondary N) is 1. The molecule has 0 aliphatic carbocycles. The van der Waals surface area contributed by atoms with E-state index in [1.165, 1.54) is 0 Å². The Hall–Kier alpha value is -2.77. The van der Waals surface area contributed by atoms with Crippen LogP contribution in [0.25, 0.3) is 0 Å². The molecular formula is C19H18F4N2O2. The summed E-state index contributed by atoms with van der Waals surface area (Å²) < 4.78 is 57.0. The van der Waals surface area contributed by atoms with Crippen molar-refractivity contribution in [2.24, 2.45) is 0 Å². The predicted octanol–water partition coefficient (Wildman–Crippen LogP) is 5.22. The second kappa shape index (κ2) is 7.46. The second-order valence-electron chi connectivity index (χ2n) is 6.25. The van der Waals surface area contributed by atoms with E-state index in [0.717, 1.165) is 24.5 Å². The molecule has 1 heterocycles. The third-order valence-electron chi connectivity index (χ3n) is 4.54. The molecule has 0 radical (unpaired) electrons. The molecule has 2 aromatic rings. The van der Waals surface area contributed by atoms with Crippen LogP contribution in [-0.4, -0.2) is 24.6 Å². The number of carbonyl (C=O) groups excluding carboxylic acids is 1. The summed E-state index contributed by atoms with van der Waals surface area (Å²) in [6.07, 6.45) is -3.30. The van der Waals surface area contributed by atoms with E-state index in [2.05, 4.69) is 5.32 Å². The van der Waals surface area contributed by atoms with Crippen LogP contribution in [0.1, 0.15) is 30.0 Å². The summed E-state index contributed by atoms with van der Waals surface area (Å²) in [5.74, 6) is -0.684. The number of alkyl halides is 3. The number of benzene rings is 2. The van der Waals surface area contributed by atoms with E-state index in [1.54, 1.807) is 24.1 Å². The normalized spacial score (nSPS) is 17.1. The van der Waals surface area contributed by atoms with E-state index in [9.17, 15) is 22.4 Å². The molecule has 1 aliphatic heterocycles. The molecular weight excluding hydrogens is 364 g/mol. The number of halogens is 4. The molecule has 8 heteroatoms. The Morgan fingerprint density at radius 3 is 2.52 bits per heavy atom. The Bertz CT molecular complexity index is 821. The number of ether oxygens (including phenoxy) is 1. The summed E-state index contributed by atoms with van der Waals surface area (Å²) in [4.78, 5) is 14.2. The van der Waals surface area contributed by atoms with Crippen LogP contribution in [-0.2, 0) is 6.18 Å². The SMILES string of the molecule is COc1ccc(C2CCCN2C(=O)Nc2ccc(F)c(C(F)(F)F)c2)cc1. The first-order valence-corrected chi connectivity index (χ1v) is 8.38. The number of hydrogen-bond donors (Lipinski definition) is 1. The molecule has 0 spiro atoms. The molecule has 3 rings (SSSR count). The highest BCUT2D eigenvalue weighted by Crippen LogP contribution is 2.35. The van der Waals surface area contributed by atoms with Gasteiger partial charge in [0.15, 0.2) is 0 Å². The van der Waals surface area contributed by atoms with Crippen molar-refractivity contribution in [1.82, 2.24) is 4.90 Å². The van der Waals surface area contributed by atoms with E-state index < -0.39 is 23.6 Å². The van der Waals surface area contributed by atoms with Crippen LogP contribution < -0.4 is 10.1 Å². The lowest BCUT2D eigenvalue weighted by Gasteiger charge is -2.25. The molecule has 1 N–H and O–H groups in total. The van der Waals surface area contributed by atoms with Gasteiger partial charge < -0.3 is 15.0 Å². The highest BCUT2D eigenvalue weighted by atomic mass is 19.4. The fourth-order valence-corrected chi connectivity index (χ4v) is 3.20. The third-order valence-corrected chi connectivity index (χ3v) is 4.54. The van der Waals surface area contributed by atoms with Gasteiger partial charge in [0.05, 0.1) is 18.7 Å². The molecule has 2 amide bonds. The third kappa shape index (κ3) is 4.15. The Morgan fingerprint density at radius 1 is 1.19 bits per heavy atom.